The van der Waals surface area contributed by atoms with E-state index in [0.717, 1.165) is 21.7 Å². The molecule has 3 nitrogen and oxygen atoms in total. The van der Waals surface area contributed by atoms with Crippen LogP contribution in [0.1, 0.15) is 25.8 Å². The number of halogens is 1. The zero-order valence-electron chi connectivity index (χ0n) is 13.4. The van der Waals surface area contributed by atoms with E-state index in [1.54, 1.807) is 0 Å². The van der Waals surface area contributed by atoms with Crippen LogP contribution in [-0.4, -0.2) is 17.1 Å². The Hall–Kier alpha value is -1.84. The number of hydrogen-bond acceptors (Lipinski definition) is 2. The van der Waals surface area contributed by atoms with Gasteiger partial charge in [0.2, 0.25) is 0 Å². The van der Waals surface area contributed by atoms with Crippen LogP contribution in [0.2, 0.25) is 5.02 Å². The molecule has 2 N–H and O–H groups in total. The molecule has 0 saturated heterocycles. The van der Waals surface area contributed by atoms with E-state index in [1.807, 2.05) is 62.4 Å². The number of hydrogen-bond donors (Lipinski definition) is 2. The number of carboxylic acids is 1. The van der Waals surface area contributed by atoms with E-state index < -0.39 is 12.0 Å². The lowest BCUT2D eigenvalue weighted by atomic mass is 10.0. The molecule has 122 valence electrons. The number of aliphatic carboxylic acids is 1. The Morgan fingerprint density at radius 3 is 2.04 bits per heavy atom. The molecule has 1 atom stereocenters. The minimum atomic E-state index is -0.795. The minimum Gasteiger partial charge on any atom is -0.480 e. The first-order chi connectivity index (χ1) is 11.0. The maximum Gasteiger partial charge on any atom is 0.320 e. The number of benzene rings is 2. The van der Waals surface area contributed by atoms with E-state index in [-0.39, 0.29) is 0 Å². The summed E-state index contributed by atoms with van der Waals surface area (Å²) in [6, 6.07) is 15.3. The van der Waals surface area contributed by atoms with Crippen LogP contribution in [0, 0.1) is 5.92 Å². The van der Waals surface area contributed by atoms with Crippen LogP contribution in [-0.2, 0) is 11.3 Å². The first kappa shape index (κ1) is 17.5. The van der Waals surface area contributed by atoms with Crippen molar-refractivity contribution in [2.75, 3.05) is 0 Å². The second kappa shape index (κ2) is 8.14. The van der Waals surface area contributed by atoms with Gasteiger partial charge >= 0.3 is 5.97 Å². The molecule has 0 aliphatic rings. The lowest BCUT2D eigenvalue weighted by Crippen LogP contribution is -2.37. The summed E-state index contributed by atoms with van der Waals surface area (Å²) < 4.78 is 0. The SMILES string of the molecule is CC(C)C[C@@H](NCc1ccc(-c2ccc(Cl)cc2)cc1)C(=O)O. The van der Waals surface area contributed by atoms with Gasteiger partial charge in [-0.1, -0.05) is 61.8 Å². The fourth-order valence-corrected chi connectivity index (χ4v) is 2.57. The number of carbonyl (C=O) groups is 1. The molecule has 0 heterocycles. The van der Waals surface area contributed by atoms with E-state index in [9.17, 15) is 9.90 Å². The Morgan fingerprint density at radius 1 is 1.04 bits per heavy atom. The smallest absolute Gasteiger partial charge is 0.320 e. The summed E-state index contributed by atoms with van der Waals surface area (Å²) >= 11 is 5.90. The molecular formula is C19H22ClNO2. The molecule has 23 heavy (non-hydrogen) atoms. The quantitative estimate of drug-likeness (QED) is 0.779. The molecule has 2 aromatic rings. The number of rotatable bonds is 7. The van der Waals surface area contributed by atoms with Crippen molar-refractivity contribution in [1.82, 2.24) is 5.32 Å². The zero-order chi connectivity index (χ0) is 16.8. The highest BCUT2D eigenvalue weighted by molar-refractivity contribution is 6.30. The Balaban J connectivity index is 1.99. The van der Waals surface area contributed by atoms with Gasteiger partial charge in [0.1, 0.15) is 6.04 Å². The fourth-order valence-electron chi connectivity index (χ4n) is 2.44. The third-order valence-corrected chi connectivity index (χ3v) is 3.94. The van der Waals surface area contributed by atoms with Crippen molar-refractivity contribution in [3.63, 3.8) is 0 Å². The van der Waals surface area contributed by atoms with Gasteiger partial charge in [0.15, 0.2) is 0 Å². The van der Waals surface area contributed by atoms with Gasteiger partial charge in [0.25, 0.3) is 0 Å². The molecule has 2 rings (SSSR count). The van der Waals surface area contributed by atoms with Crippen molar-refractivity contribution in [2.24, 2.45) is 5.92 Å². The molecule has 0 unspecified atom stereocenters. The molecule has 0 radical (unpaired) electrons. The van der Waals surface area contributed by atoms with E-state index in [0.29, 0.717) is 18.9 Å². The van der Waals surface area contributed by atoms with Gasteiger partial charge in [-0.15, -0.1) is 0 Å². The van der Waals surface area contributed by atoms with E-state index >= 15 is 0 Å². The van der Waals surface area contributed by atoms with Crippen molar-refractivity contribution in [1.29, 1.82) is 0 Å². The Bertz CT molecular complexity index is 635. The molecule has 0 amide bonds. The van der Waals surface area contributed by atoms with Crippen molar-refractivity contribution < 1.29 is 9.90 Å². The van der Waals surface area contributed by atoms with Gasteiger partial charge in [0, 0.05) is 11.6 Å². The van der Waals surface area contributed by atoms with Crippen LogP contribution in [0.4, 0.5) is 0 Å². The summed E-state index contributed by atoms with van der Waals surface area (Å²) in [5.74, 6) is -0.452. The molecule has 0 aliphatic heterocycles. The monoisotopic (exact) mass is 331 g/mol. The van der Waals surface area contributed by atoms with Crippen molar-refractivity contribution in [2.45, 2.75) is 32.9 Å². The largest absolute Gasteiger partial charge is 0.480 e. The summed E-state index contributed by atoms with van der Waals surface area (Å²) in [7, 11) is 0. The molecule has 2 aromatic carbocycles. The summed E-state index contributed by atoms with van der Waals surface area (Å²) in [6.07, 6.45) is 0.623. The molecule has 0 saturated carbocycles. The van der Waals surface area contributed by atoms with E-state index in [4.69, 9.17) is 11.6 Å². The topological polar surface area (TPSA) is 49.3 Å². The summed E-state index contributed by atoms with van der Waals surface area (Å²) in [5, 5.41) is 13.1. The third-order valence-electron chi connectivity index (χ3n) is 3.69. The van der Waals surface area contributed by atoms with Crippen molar-refractivity contribution in [3.05, 3.63) is 59.1 Å². The maximum atomic E-state index is 11.2. The Morgan fingerprint density at radius 2 is 1.57 bits per heavy atom. The van der Waals surface area contributed by atoms with Gasteiger partial charge in [-0.3, -0.25) is 4.79 Å². The molecule has 0 bridgehead atoms. The predicted molar refractivity (Wildman–Crippen MR) is 94.6 cm³/mol. The standard InChI is InChI=1S/C19H22ClNO2/c1-13(2)11-18(19(22)23)21-12-14-3-5-15(6-4-14)16-7-9-17(20)10-8-16/h3-10,13,18,21H,11-12H2,1-2H3,(H,22,23)/t18-/m1/s1. The number of carboxylic acid groups (broad SMARTS) is 1. The lowest BCUT2D eigenvalue weighted by molar-refractivity contribution is -0.140. The Labute approximate surface area is 142 Å². The Kier molecular flexibility index (Phi) is 6.20. The van der Waals surface area contributed by atoms with Gasteiger partial charge in [-0.05, 0) is 41.2 Å². The fraction of sp³-hybridized carbons (Fsp3) is 0.316. The summed E-state index contributed by atoms with van der Waals surface area (Å²) in [6.45, 7) is 4.60. The van der Waals surface area contributed by atoms with Crippen LogP contribution in [0.25, 0.3) is 11.1 Å². The molecule has 0 fully saturated rings. The molecule has 0 aromatic heterocycles. The van der Waals surface area contributed by atoms with Crippen LogP contribution in [0.5, 0.6) is 0 Å². The second-order valence-corrected chi connectivity index (χ2v) is 6.54. The highest BCUT2D eigenvalue weighted by Gasteiger charge is 2.17. The minimum absolute atomic E-state index is 0.343. The first-order valence-corrected chi connectivity index (χ1v) is 8.14. The highest BCUT2D eigenvalue weighted by Crippen LogP contribution is 2.22. The van der Waals surface area contributed by atoms with E-state index in [1.165, 1.54) is 0 Å². The van der Waals surface area contributed by atoms with Crippen LogP contribution in [0.15, 0.2) is 48.5 Å². The van der Waals surface area contributed by atoms with Crippen LogP contribution in [0.3, 0.4) is 0 Å². The van der Waals surface area contributed by atoms with Gasteiger partial charge < -0.3 is 10.4 Å². The normalized spacial score (nSPS) is 12.3. The molecular weight excluding hydrogens is 310 g/mol. The summed E-state index contributed by atoms with van der Waals surface area (Å²) in [5.41, 5.74) is 3.29. The lowest BCUT2D eigenvalue weighted by Gasteiger charge is -2.16. The van der Waals surface area contributed by atoms with Crippen LogP contribution < -0.4 is 5.32 Å². The first-order valence-electron chi connectivity index (χ1n) is 7.77. The second-order valence-electron chi connectivity index (χ2n) is 6.11. The third kappa shape index (κ3) is 5.38. The molecule has 4 heteroatoms. The summed E-state index contributed by atoms with van der Waals surface area (Å²) in [4.78, 5) is 11.2. The van der Waals surface area contributed by atoms with Gasteiger partial charge in [-0.25, -0.2) is 0 Å². The maximum absolute atomic E-state index is 11.2. The number of nitrogens with one attached hydrogen (secondary N) is 1. The van der Waals surface area contributed by atoms with Crippen LogP contribution >= 0.6 is 11.6 Å². The molecule has 0 aliphatic carbocycles. The van der Waals surface area contributed by atoms with Crippen molar-refractivity contribution in [3.8, 4) is 11.1 Å². The highest BCUT2D eigenvalue weighted by atomic mass is 35.5. The average Bonchev–Trinajstić information content (AvgIpc) is 2.52. The average molecular weight is 332 g/mol. The van der Waals surface area contributed by atoms with Gasteiger partial charge in [-0.2, -0.15) is 0 Å². The van der Waals surface area contributed by atoms with Crippen molar-refractivity contribution >= 4 is 17.6 Å². The zero-order valence-corrected chi connectivity index (χ0v) is 14.2. The molecule has 0 spiro atoms. The van der Waals surface area contributed by atoms with Gasteiger partial charge in [0.05, 0.1) is 0 Å². The predicted octanol–water partition coefficient (Wildman–Crippen LogP) is 4.60. The van der Waals surface area contributed by atoms with E-state index in [2.05, 4.69) is 5.32 Å².